The molecular weight excluding hydrogens is 356 g/mol. The average Bonchev–Trinajstić information content (AvgIpc) is 3.23. The number of thiophene rings is 1. The molecule has 0 saturated carbocycles. The zero-order valence-electron chi connectivity index (χ0n) is 14.4. The molecule has 6 nitrogen and oxygen atoms in total. The van der Waals surface area contributed by atoms with Crippen molar-refractivity contribution in [2.75, 3.05) is 12.4 Å². The van der Waals surface area contributed by atoms with Gasteiger partial charge in [0.05, 0.1) is 18.9 Å². The number of aromatic nitrogens is 2. The first kappa shape index (κ1) is 17.9. The second-order valence-corrected chi connectivity index (χ2v) is 7.43. The second-order valence-electron chi connectivity index (χ2n) is 5.92. The van der Waals surface area contributed by atoms with Crippen LogP contribution >= 0.6 is 23.6 Å². The van der Waals surface area contributed by atoms with Crippen LogP contribution in [-0.2, 0) is 30.7 Å². The molecule has 0 atom stereocenters. The molecule has 0 aliphatic heterocycles. The summed E-state index contributed by atoms with van der Waals surface area (Å²) < 4.78 is 6.85. The van der Waals surface area contributed by atoms with Crippen LogP contribution < -0.4 is 10.6 Å². The highest BCUT2D eigenvalue weighted by molar-refractivity contribution is 7.80. The smallest absolute Gasteiger partial charge is 0.341 e. The van der Waals surface area contributed by atoms with Crippen LogP contribution in [0.1, 0.15) is 46.1 Å². The summed E-state index contributed by atoms with van der Waals surface area (Å²) >= 11 is 7.01. The van der Waals surface area contributed by atoms with Gasteiger partial charge in [-0.25, -0.2) is 4.79 Å². The van der Waals surface area contributed by atoms with Crippen molar-refractivity contribution >= 4 is 39.6 Å². The number of esters is 1. The zero-order chi connectivity index (χ0) is 17.8. The number of carbonyl (C=O) groups is 1. The van der Waals surface area contributed by atoms with Crippen molar-refractivity contribution in [1.29, 1.82) is 0 Å². The van der Waals surface area contributed by atoms with Gasteiger partial charge in [0, 0.05) is 29.7 Å². The number of nitrogens with one attached hydrogen (secondary N) is 2. The number of hydrogen-bond donors (Lipinski definition) is 2. The monoisotopic (exact) mass is 378 g/mol. The Morgan fingerprint density at radius 1 is 1.44 bits per heavy atom. The predicted molar refractivity (Wildman–Crippen MR) is 103 cm³/mol. The molecule has 0 amide bonds. The highest BCUT2D eigenvalue weighted by atomic mass is 32.1. The maximum absolute atomic E-state index is 12.2. The molecule has 0 unspecified atom stereocenters. The van der Waals surface area contributed by atoms with Crippen molar-refractivity contribution in [3.8, 4) is 0 Å². The minimum atomic E-state index is -0.297. The van der Waals surface area contributed by atoms with E-state index < -0.39 is 0 Å². The Bertz CT molecular complexity index is 782. The number of rotatable bonds is 5. The average molecular weight is 379 g/mol. The first-order valence-electron chi connectivity index (χ1n) is 8.41. The van der Waals surface area contributed by atoms with E-state index in [0.717, 1.165) is 48.4 Å². The van der Waals surface area contributed by atoms with Gasteiger partial charge in [-0.15, -0.1) is 11.3 Å². The third-order valence-electron chi connectivity index (χ3n) is 4.25. The number of carbonyl (C=O) groups excluding carboxylic acids is 1. The molecule has 3 rings (SSSR count). The summed E-state index contributed by atoms with van der Waals surface area (Å²) in [5.41, 5.74) is 2.83. The minimum Gasteiger partial charge on any atom is -0.465 e. The lowest BCUT2D eigenvalue weighted by atomic mass is 9.95. The molecule has 2 N–H and O–H groups in total. The van der Waals surface area contributed by atoms with E-state index in [1.54, 1.807) is 11.3 Å². The van der Waals surface area contributed by atoms with Gasteiger partial charge >= 0.3 is 5.97 Å². The van der Waals surface area contributed by atoms with Crippen molar-refractivity contribution in [2.24, 2.45) is 0 Å². The lowest BCUT2D eigenvalue weighted by molar-refractivity contribution is 0.0601. The van der Waals surface area contributed by atoms with Gasteiger partial charge < -0.3 is 15.4 Å². The van der Waals surface area contributed by atoms with Crippen LogP contribution in [0, 0.1) is 0 Å². The molecule has 0 spiro atoms. The van der Waals surface area contributed by atoms with E-state index in [9.17, 15) is 4.79 Å². The van der Waals surface area contributed by atoms with E-state index in [0.29, 0.717) is 17.2 Å². The molecule has 0 saturated heterocycles. The van der Waals surface area contributed by atoms with Gasteiger partial charge in [-0.05, 0) is 50.4 Å². The molecular formula is C17H22N4O2S2. The van der Waals surface area contributed by atoms with Gasteiger partial charge in [0.1, 0.15) is 5.00 Å². The van der Waals surface area contributed by atoms with Crippen LogP contribution in [0.5, 0.6) is 0 Å². The largest absolute Gasteiger partial charge is 0.465 e. The first-order chi connectivity index (χ1) is 12.1. The molecule has 1 aliphatic carbocycles. The Hall–Kier alpha value is -1.93. The second kappa shape index (κ2) is 7.97. The normalized spacial score (nSPS) is 13.2. The number of aryl methyl sites for hydroxylation is 2. The first-order valence-corrected chi connectivity index (χ1v) is 9.63. The lowest BCUT2D eigenvalue weighted by Crippen LogP contribution is -2.28. The Labute approximate surface area is 156 Å². The fourth-order valence-corrected chi connectivity index (χ4v) is 4.49. The zero-order valence-corrected chi connectivity index (χ0v) is 16.1. The van der Waals surface area contributed by atoms with Crippen molar-refractivity contribution in [2.45, 2.75) is 45.7 Å². The van der Waals surface area contributed by atoms with Crippen molar-refractivity contribution in [3.63, 3.8) is 0 Å². The summed E-state index contributed by atoms with van der Waals surface area (Å²) in [6.45, 7) is 3.47. The summed E-state index contributed by atoms with van der Waals surface area (Å²) in [6.07, 6.45) is 8.02. The third kappa shape index (κ3) is 4.01. The fraction of sp³-hybridized carbons (Fsp3) is 0.471. The SMILES string of the molecule is CCn1cc(CNC(=S)Nc2sc3c(c2C(=O)OC)CCCC3)cn1. The third-order valence-corrected chi connectivity index (χ3v) is 5.71. The number of anilines is 1. The Balaban J connectivity index is 1.70. The summed E-state index contributed by atoms with van der Waals surface area (Å²) in [6, 6.07) is 0. The van der Waals surface area contributed by atoms with Crippen LogP contribution in [-0.4, -0.2) is 28.0 Å². The summed E-state index contributed by atoms with van der Waals surface area (Å²) in [5.74, 6) is -0.297. The molecule has 0 aromatic carbocycles. The number of ether oxygens (including phenoxy) is 1. The van der Waals surface area contributed by atoms with E-state index in [2.05, 4.69) is 15.7 Å². The highest BCUT2D eigenvalue weighted by Crippen LogP contribution is 2.38. The van der Waals surface area contributed by atoms with E-state index >= 15 is 0 Å². The maximum atomic E-state index is 12.2. The van der Waals surface area contributed by atoms with Crippen molar-refractivity contribution < 1.29 is 9.53 Å². The molecule has 8 heteroatoms. The topological polar surface area (TPSA) is 68.2 Å². The molecule has 25 heavy (non-hydrogen) atoms. The number of nitrogens with zero attached hydrogens (tertiary/aromatic N) is 2. The minimum absolute atomic E-state index is 0.297. The van der Waals surface area contributed by atoms with Gasteiger partial charge in [0.15, 0.2) is 5.11 Å². The van der Waals surface area contributed by atoms with Gasteiger partial charge in [-0.3, -0.25) is 4.68 Å². The quantitative estimate of drug-likeness (QED) is 0.615. The fourth-order valence-electron chi connectivity index (χ4n) is 2.97. The molecule has 0 radical (unpaired) electrons. The Kier molecular flexibility index (Phi) is 5.70. The lowest BCUT2D eigenvalue weighted by Gasteiger charge is -2.12. The van der Waals surface area contributed by atoms with Crippen LogP contribution in [0.3, 0.4) is 0 Å². The molecule has 2 aromatic rings. The molecule has 134 valence electrons. The Morgan fingerprint density at radius 3 is 2.96 bits per heavy atom. The van der Waals surface area contributed by atoms with Gasteiger partial charge in [-0.1, -0.05) is 0 Å². The van der Waals surface area contributed by atoms with Crippen molar-refractivity contribution in [3.05, 3.63) is 34.0 Å². The maximum Gasteiger partial charge on any atom is 0.341 e. The van der Waals surface area contributed by atoms with E-state index in [4.69, 9.17) is 17.0 Å². The molecule has 1 aliphatic rings. The van der Waals surface area contributed by atoms with E-state index in [1.807, 2.05) is 24.0 Å². The van der Waals surface area contributed by atoms with Crippen LogP contribution in [0.25, 0.3) is 0 Å². The summed E-state index contributed by atoms with van der Waals surface area (Å²) in [7, 11) is 1.42. The van der Waals surface area contributed by atoms with E-state index in [-0.39, 0.29) is 5.97 Å². The van der Waals surface area contributed by atoms with Gasteiger partial charge in [0.25, 0.3) is 0 Å². The predicted octanol–water partition coefficient (Wildman–Crippen LogP) is 3.12. The molecule has 2 heterocycles. The Morgan fingerprint density at radius 2 is 2.24 bits per heavy atom. The number of thiocarbonyl (C=S) groups is 1. The number of methoxy groups -OCH3 is 1. The van der Waals surface area contributed by atoms with E-state index in [1.165, 1.54) is 12.0 Å². The summed E-state index contributed by atoms with van der Waals surface area (Å²) in [4.78, 5) is 13.5. The standard InChI is InChI=1S/C17H22N4O2S2/c1-3-21-10-11(9-19-21)8-18-17(24)20-15-14(16(22)23-2)12-6-4-5-7-13(12)25-15/h9-10H,3-8H2,1-2H3,(H2,18,20,24). The van der Waals surface area contributed by atoms with Crippen LogP contribution in [0.15, 0.2) is 12.4 Å². The van der Waals surface area contributed by atoms with Gasteiger partial charge in [0.2, 0.25) is 0 Å². The van der Waals surface area contributed by atoms with Gasteiger partial charge in [-0.2, -0.15) is 5.10 Å². The number of fused-ring (bicyclic) bond motifs is 1. The molecule has 2 aromatic heterocycles. The summed E-state index contributed by atoms with van der Waals surface area (Å²) in [5, 5.41) is 11.9. The van der Waals surface area contributed by atoms with Crippen LogP contribution in [0.4, 0.5) is 5.00 Å². The van der Waals surface area contributed by atoms with Crippen LogP contribution in [0.2, 0.25) is 0 Å². The molecule has 0 fully saturated rings. The van der Waals surface area contributed by atoms with Crippen molar-refractivity contribution in [1.82, 2.24) is 15.1 Å². The molecule has 0 bridgehead atoms. The highest BCUT2D eigenvalue weighted by Gasteiger charge is 2.26. The number of hydrogen-bond acceptors (Lipinski definition) is 5.